The molecule has 0 aliphatic carbocycles. The summed E-state index contributed by atoms with van der Waals surface area (Å²) in [6.07, 6.45) is 3.02. The Morgan fingerprint density at radius 1 is 1.42 bits per heavy atom. The molecule has 102 valence electrons. The summed E-state index contributed by atoms with van der Waals surface area (Å²) in [4.78, 5) is 5.79. The van der Waals surface area contributed by atoms with Crippen molar-refractivity contribution in [3.8, 4) is 0 Å². The minimum atomic E-state index is 0.252. The normalized spacial score (nSPS) is 12.6. The SMILES string of the molecule is CCc1cnc(C(C)NCc2ccc(C)cc2Cl)s1. The molecule has 0 aliphatic heterocycles. The summed E-state index contributed by atoms with van der Waals surface area (Å²) in [5.74, 6) is 0. The average molecular weight is 295 g/mol. The van der Waals surface area contributed by atoms with E-state index < -0.39 is 0 Å². The lowest BCUT2D eigenvalue weighted by Crippen LogP contribution is -2.18. The molecule has 1 heterocycles. The number of nitrogens with zero attached hydrogens (tertiary/aromatic N) is 1. The highest BCUT2D eigenvalue weighted by atomic mass is 35.5. The summed E-state index contributed by atoms with van der Waals surface area (Å²) in [7, 11) is 0. The van der Waals surface area contributed by atoms with Crippen LogP contribution in [0, 0.1) is 6.92 Å². The van der Waals surface area contributed by atoms with E-state index in [-0.39, 0.29) is 6.04 Å². The van der Waals surface area contributed by atoms with Gasteiger partial charge in [-0.15, -0.1) is 11.3 Å². The van der Waals surface area contributed by atoms with Crippen LogP contribution >= 0.6 is 22.9 Å². The molecule has 0 saturated carbocycles. The summed E-state index contributed by atoms with van der Waals surface area (Å²) < 4.78 is 0. The van der Waals surface area contributed by atoms with Gasteiger partial charge in [0, 0.05) is 22.6 Å². The molecule has 0 amide bonds. The number of benzene rings is 1. The van der Waals surface area contributed by atoms with Gasteiger partial charge < -0.3 is 5.32 Å². The van der Waals surface area contributed by atoms with Gasteiger partial charge in [-0.05, 0) is 37.5 Å². The molecule has 0 bridgehead atoms. The van der Waals surface area contributed by atoms with Crippen molar-refractivity contribution in [1.82, 2.24) is 10.3 Å². The Hall–Kier alpha value is -0.900. The number of halogens is 1. The summed E-state index contributed by atoms with van der Waals surface area (Å²) in [6.45, 7) is 7.11. The van der Waals surface area contributed by atoms with Crippen molar-refractivity contribution < 1.29 is 0 Å². The second-order valence-electron chi connectivity index (χ2n) is 4.72. The van der Waals surface area contributed by atoms with Gasteiger partial charge in [-0.2, -0.15) is 0 Å². The molecular formula is C15H19ClN2S. The lowest BCUT2D eigenvalue weighted by atomic mass is 10.1. The first-order valence-electron chi connectivity index (χ1n) is 6.53. The number of hydrogen-bond donors (Lipinski definition) is 1. The van der Waals surface area contributed by atoms with Crippen LogP contribution < -0.4 is 5.32 Å². The summed E-state index contributed by atoms with van der Waals surface area (Å²) >= 11 is 8.01. The largest absolute Gasteiger partial charge is 0.304 e. The summed E-state index contributed by atoms with van der Waals surface area (Å²) in [6, 6.07) is 6.42. The number of aryl methyl sites for hydroxylation is 2. The van der Waals surface area contributed by atoms with E-state index in [1.54, 1.807) is 11.3 Å². The Labute approximate surface area is 123 Å². The lowest BCUT2D eigenvalue weighted by molar-refractivity contribution is 0.572. The third kappa shape index (κ3) is 3.78. The summed E-state index contributed by atoms with van der Waals surface area (Å²) in [5.41, 5.74) is 2.32. The van der Waals surface area contributed by atoms with E-state index in [1.165, 1.54) is 10.4 Å². The molecule has 1 aromatic heterocycles. The van der Waals surface area contributed by atoms with E-state index in [0.29, 0.717) is 0 Å². The predicted molar refractivity (Wildman–Crippen MR) is 82.9 cm³/mol. The summed E-state index contributed by atoms with van der Waals surface area (Å²) in [5, 5.41) is 5.44. The van der Waals surface area contributed by atoms with Crippen molar-refractivity contribution in [1.29, 1.82) is 0 Å². The van der Waals surface area contributed by atoms with Crippen molar-refractivity contribution in [3.63, 3.8) is 0 Å². The fourth-order valence-electron chi connectivity index (χ4n) is 1.83. The van der Waals surface area contributed by atoms with E-state index in [0.717, 1.165) is 28.6 Å². The van der Waals surface area contributed by atoms with Crippen LogP contribution in [0.4, 0.5) is 0 Å². The van der Waals surface area contributed by atoms with Crippen LogP contribution in [0.15, 0.2) is 24.4 Å². The van der Waals surface area contributed by atoms with Crippen molar-refractivity contribution in [2.45, 2.75) is 39.8 Å². The quantitative estimate of drug-likeness (QED) is 0.877. The maximum Gasteiger partial charge on any atom is 0.109 e. The lowest BCUT2D eigenvalue weighted by Gasteiger charge is -2.12. The second kappa shape index (κ2) is 6.51. The zero-order chi connectivity index (χ0) is 13.8. The molecule has 0 spiro atoms. The minimum absolute atomic E-state index is 0.252. The topological polar surface area (TPSA) is 24.9 Å². The van der Waals surface area contributed by atoms with Gasteiger partial charge in [0.25, 0.3) is 0 Å². The van der Waals surface area contributed by atoms with Gasteiger partial charge in [-0.3, -0.25) is 0 Å². The van der Waals surface area contributed by atoms with Crippen LogP contribution in [0.25, 0.3) is 0 Å². The first kappa shape index (κ1) is 14.5. The molecule has 0 radical (unpaired) electrons. The number of rotatable bonds is 5. The standard InChI is InChI=1S/C15H19ClN2S/c1-4-13-9-18-15(19-13)11(3)17-8-12-6-5-10(2)7-14(12)16/h5-7,9,11,17H,4,8H2,1-3H3. The number of hydrogen-bond acceptors (Lipinski definition) is 3. The van der Waals surface area contributed by atoms with Gasteiger partial charge in [0.15, 0.2) is 0 Å². The van der Waals surface area contributed by atoms with E-state index in [9.17, 15) is 0 Å². The monoisotopic (exact) mass is 294 g/mol. The van der Waals surface area contributed by atoms with Gasteiger partial charge in [0.05, 0.1) is 6.04 Å². The molecule has 19 heavy (non-hydrogen) atoms. The molecule has 1 atom stereocenters. The highest BCUT2D eigenvalue weighted by Crippen LogP contribution is 2.22. The molecule has 2 rings (SSSR count). The van der Waals surface area contributed by atoms with Crippen LogP contribution in [0.3, 0.4) is 0 Å². The van der Waals surface area contributed by atoms with Gasteiger partial charge in [0.1, 0.15) is 5.01 Å². The van der Waals surface area contributed by atoms with Gasteiger partial charge >= 0.3 is 0 Å². The fourth-order valence-corrected chi connectivity index (χ4v) is 3.02. The molecular weight excluding hydrogens is 276 g/mol. The van der Waals surface area contributed by atoms with Crippen LogP contribution in [0.5, 0.6) is 0 Å². The number of aromatic nitrogens is 1. The fraction of sp³-hybridized carbons (Fsp3) is 0.400. The van der Waals surface area contributed by atoms with Crippen LogP contribution in [-0.4, -0.2) is 4.98 Å². The molecule has 0 fully saturated rings. The van der Waals surface area contributed by atoms with Crippen LogP contribution in [-0.2, 0) is 13.0 Å². The van der Waals surface area contributed by atoms with E-state index in [4.69, 9.17) is 11.6 Å². The molecule has 1 N–H and O–H groups in total. The Balaban J connectivity index is 1.98. The second-order valence-corrected chi connectivity index (χ2v) is 6.27. The Morgan fingerprint density at radius 3 is 2.84 bits per heavy atom. The average Bonchev–Trinajstić information content (AvgIpc) is 2.86. The van der Waals surface area contributed by atoms with Gasteiger partial charge in [-0.1, -0.05) is 30.7 Å². The Morgan fingerprint density at radius 2 is 2.21 bits per heavy atom. The molecule has 2 aromatic rings. The Kier molecular flexibility index (Phi) is 4.97. The zero-order valence-electron chi connectivity index (χ0n) is 11.5. The number of thiazole rings is 1. The third-order valence-corrected chi connectivity index (χ3v) is 4.77. The third-order valence-electron chi connectivity index (χ3n) is 3.10. The predicted octanol–water partition coefficient (Wildman–Crippen LogP) is 4.52. The van der Waals surface area contributed by atoms with Gasteiger partial charge in [-0.25, -0.2) is 4.98 Å². The highest BCUT2D eigenvalue weighted by molar-refractivity contribution is 7.11. The van der Waals surface area contributed by atoms with Crippen LogP contribution in [0.2, 0.25) is 5.02 Å². The minimum Gasteiger partial charge on any atom is -0.304 e. The molecule has 0 aliphatic rings. The smallest absolute Gasteiger partial charge is 0.109 e. The first-order chi connectivity index (χ1) is 9.10. The van der Waals surface area contributed by atoms with E-state index in [1.807, 2.05) is 19.2 Å². The zero-order valence-corrected chi connectivity index (χ0v) is 13.1. The maximum absolute atomic E-state index is 6.23. The van der Waals surface area contributed by atoms with Crippen LogP contribution in [0.1, 0.15) is 40.9 Å². The van der Waals surface area contributed by atoms with Gasteiger partial charge in [0.2, 0.25) is 0 Å². The molecule has 1 unspecified atom stereocenters. The van der Waals surface area contributed by atoms with Crippen molar-refractivity contribution >= 4 is 22.9 Å². The maximum atomic E-state index is 6.23. The molecule has 0 saturated heterocycles. The van der Waals surface area contributed by atoms with Crippen molar-refractivity contribution in [3.05, 3.63) is 50.4 Å². The van der Waals surface area contributed by atoms with E-state index >= 15 is 0 Å². The molecule has 2 nitrogen and oxygen atoms in total. The highest BCUT2D eigenvalue weighted by Gasteiger charge is 2.10. The first-order valence-corrected chi connectivity index (χ1v) is 7.72. The van der Waals surface area contributed by atoms with Crippen molar-refractivity contribution in [2.24, 2.45) is 0 Å². The van der Waals surface area contributed by atoms with Crippen molar-refractivity contribution in [2.75, 3.05) is 0 Å². The molecule has 1 aromatic carbocycles. The Bertz CT molecular complexity index is 551. The molecule has 4 heteroatoms. The number of nitrogens with one attached hydrogen (secondary N) is 1. The van der Waals surface area contributed by atoms with E-state index in [2.05, 4.69) is 36.3 Å².